The van der Waals surface area contributed by atoms with Crippen LogP contribution in [0.5, 0.6) is 0 Å². The standard InChI is InChI=1S/C18H18ClNO5S/c1-3-12-4-6-13(7-5-12)17(21)11(2)25-18(22)15-10-14(26(20,23)24)8-9-16(15)19/h4-11H,3H2,1-2H3,(H2,20,23,24). The first-order valence-electron chi connectivity index (χ1n) is 7.80. The Balaban J connectivity index is 2.19. The molecule has 2 rings (SSSR count). The summed E-state index contributed by atoms with van der Waals surface area (Å²) in [5.74, 6) is -1.29. The number of nitrogens with two attached hydrogens (primary N) is 1. The second-order valence-electron chi connectivity index (χ2n) is 5.65. The van der Waals surface area contributed by atoms with E-state index in [1.165, 1.54) is 19.1 Å². The summed E-state index contributed by atoms with van der Waals surface area (Å²) < 4.78 is 28.0. The van der Waals surface area contributed by atoms with E-state index in [1.807, 2.05) is 19.1 Å². The van der Waals surface area contributed by atoms with Crippen LogP contribution in [0, 0.1) is 0 Å². The lowest BCUT2D eigenvalue weighted by molar-refractivity contribution is 0.0318. The fourth-order valence-corrected chi connectivity index (χ4v) is 2.99. The zero-order chi connectivity index (χ0) is 19.5. The van der Waals surface area contributed by atoms with Gasteiger partial charge in [-0.3, -0.25) is 4.79 Å². The molecule has 0 saturated heterocycles. The Bertz CT molecular complexity index is 939. The molecule has 2 aromatic carbocycles. The second kappa shape index (κ2) is 7.99. The lowest BCUT2D eigenvalue weighted by Crippen LogP contribution is -2.25. The van der Waals surface area contributed by atoms with E-state index in [0.717, 1.165) is 18.1 Å². The Hall–Kier alpha value is -2.22. The first-order chi connectivity index (χ1) is 12.1. The maximum atomic E-state index is 12.4. The number of ether oxygens (including phenoxy) is 1. The Labute approximate surface area is 157 Å². The molecule has 138 valence electrons. The molecule has 6 nitrogen and oxygen atoms in total. The third kappa shape index (κ3) is 4.69. The molecular weight excluding hydrogens is 378 g/mol. The molecule has 2 aromatic rings. The predicted molar refractivity (Wildman–Crippen MR) is 97.9 cm³/mol. The van der Waals surface area contributed by atoms with Gasteiger partial charge in [-0.15, -0.1) is 0 Å². The van der Waals surface area contributed by atoms with Crippen LogP contribution >= 0.6 is 11.6 Å². The number of carbonyl (C=O) groups excluding carboxylic acids is 2. The average Bonchev–Trinajstić information content (AvgIpc) is 2.60. The van der Waals surface area contributed by atoms with Gasteiger partial charge < -0.3 is 4.74 Å². The monoisotopic (exact) mass is 395 g/mol. The molecule has 8 heteroatoms. The van der Waals surface area contributed by atoms with Crippen LogP contribution in [-0.2, 0) is 21.2 Å². The molecule has 0 aromatic heterocycles. The largest absolute Gasteiger partial charge is 0.451 e. The number of carbonyl (C=O) groups is 2. The third-order valence-electron chi connectivity index (χ3n) is 3.79. The summed E-state index contributed by atoms with van der Waals surface area (Å²) in [6, 6.07) is 10.4. The van der Waals surface area contributed by atoms with Gasteiger partial charge in [-0.2, -0.15) is 0 Å². The van der Waals surface area contributed by atoms with Crippen molar-refractivity contribution in [1.29, 1.82) is 0 Å². The van der Waals surface area contributed by atoms with Gasteiger partial charge in [0.25, 0.3) is 0 Å². The van der Waals surface area contributed by atoms with Crippen molar-refractivity contribution >= 4 is 33.4 Å². The van der Waals surface area contributed by atoms with Crippen molar-refractivity contribution in [2.75, 3.05) is 0 Å². The van der Waals surface area contributed by atoms with Gasteiger partial charge in [0.15, 0.2) is 6.10 Å². The Morgan fingerprint density at radius 1 is 1.15 bits per heavy atom. The summed E-state index contributed by atoms with van der Waals surface area (Å²) in [7, 11) is -4.00. The van der Waals surface area contributed by atoms with Crippen LogP contribution in [0.2, 0.25) is 5.02 Å². The lowest BCUT2D eigenvalue weighted by atomic mass is 10.0. The summed E-state index contributed by atoms with van der Waals surface area (Å²) in [6.07, 6.45) is -0.220. The van der Waals surface area contributed by atoms with E-state index < -0.39 is 22.1 Å². The zero-order valence-corrected chi connectivity index (χ0v) is 15.8. The van der Waals surface area contributed by atoms with Crippen molar-refractivity contribution in [3.8, 4) is 0 Å². The van der Waals surface area contributed by atoms with E-state index in [0.29, 0.717) is 5.56 Å². The number of rotatable bonds is 6. The van der Waals surface area contributed by atoms with Crippen molar-refractivity contribution in [3.63, 3.8) is 0 Å². The Kier molecular flexibility index (Phi) is 6.17. The number of hydrogen-bond acceptors (Lipinski definition) is 5. The maximum Gasteiger partial charge on any atom is 0.340 e. The molecule has 0 amide bonds. The Morgan fingerprint density at radius 3 is 2.31 bits per heavy atom. The van der Waals surface area contributed by atoms with E-state index >= 15 is 0 Å². The zero-order valence-electron chi connectivity index (χ0n) is 14.2. The number of primary sulfonamides is 1. The van der Waals surface area contributed by atoms with Crippen LogP contribution in [-0.4, -0.2) is 26.3 Å². The summed E-state index contributed by atoms with van der Waals surface area (Å²) in [5, 5.41) is 5.04. The van der Waals surface area contributed by atoms with Crippen molar-refractivity contribution in [2.45, 2.75) is 31.3 Å². The first kappa shape index (κ1) is 20.1. The highest BCUT2D eigenvalue weighted by Crippen LogP contribution is 2.22. The molecule has 1 unspecified atom stereocenters. The number of aryl methyl sites for hydroxylation is 1. The number of benzene rings is 2. The van der Waals surface area contributed by atoms with Crippen molar-refractivity contribution in [3.05, 3.63) is 64.2 Å². The second-order valence-corrected chi connectivity index (χ2v) is 7.62. The Morgan fingerprint density at radius 2 is 1.77 bits per heavy atom. The highest BCUT2D eigenvalue weighted by Gasteiger charge is 2.23. The fourth-order valence-electron chi connectivity index (χ4n) is 2.25. The molecule has 0 aliphatic carbocycles. The molecule has 0 bridgehead atoms. The topological polar surface area (TPSA) is 104 Å². The van der Waals surface area contributed by atoms with E-state index in [2.05, 4.69) is 0 Å². The van der Waals surface area contributed by atoms with E-state index in [9.17, 15) is 18.0 Å². The summed E-state index contributed by atoms with van der Waals surface area (Å²) in [4.78, 5) is 24.4. The molecule has 26 heavy (non-hydrogen) atoms. The quantitative estimate of drug-likeness (QED) is 0.598. The van der Waals surface area contributed by atoms with Crippen LogP contribution in [0.3, 0.4) is 0 Å². The van der Waals surface area contributed by atoms with Crippen LogP contribution in [0.1, 0.15) is 40.1 Å². The van der Waals surface area contributed by atoms with Crippen molar-refractivity contribution in [1.82, 2.24) is 0 Å². The number of sulfonamides is 1. The number of hydrogen-bond donors (Lipinski definition) is 1. The number of Topliss-reactive ketones (excluding diaryl/α,β-unsaturated/α-hetero) is 1. The summed E-state index contributed by atoms with van der Waals surface area (Å²) in [5.41, 5.74) is 1.31. The first-order valence-corrected chi connectivity index (χ1v) is 9.72. The van der Waals surface area contributed by atoms with E-state index in [1.54, 1.807) is 12.1 Å². The minimum atomic E-state index is -4.00. The van der Waals surface area contributed by atoms with Gasteiger partial charge in [0.05, 0.1) is 15.5 Å². The van der Waals surface area contributed by atoms with Gasteiger partial charge in [0.1, 0.15) is 0 Å². The lowest BCUT2D eigenvalue weighted by Gasteiger charge is -2.14. The van der Waals surface area contributed by atoms with Gasteiger partial charge in [0.2, 0.25) is 15.8 Å². The maximum absolute atomic E-state index is 12.4. The summed E-state index contributed by atoms with van der Waals surface area (Å²) >= 11 is 5.93. The molecule has 2 N–H and O–H groups in total. The van der Waals surface area contributed by atoms with E-state index in [4.69, 9.17) is 21.5 Å². The highest BCUT2D eigenvalue weighted by atomic mass is 35.5. The third-order valence-corrected chi connectivity index (χ3v) is 5.03. The van der Waals surface area contributed by atoms with Crippen LogP contribution in [0.15, 0.2) is 47.4 Å². The van der Waals surface area contributed by atoms with Crippen molar-refractivity contribution in [2.24, 2.45) is 5.14 Å². The molecule has 0 fully saturated rings. The summed E-state index contributed by atoms with van der Waals surface area (Å²) in [6.45, 7) is 3.44. The molecule has 0 spiro atoms. The van der Waals surface area contributed by atoms with Crippen LogP contribution in [0.4, 0.5) is 0 Å². The van der Waals surface area contributed by atoms with Gasteiger partial charge in [0, 0.05) is 5.56 Å². The fraction of sp³-hybridized carbons (Fsp3) is 0.222. The predicted octanol–water partition coefficient (Wildman–Crippen LogP) is 2.98. The van der Waals surface area contributed by atoms with Gasteiger partial charge in [-0.05, 0) is 37.1 Å². The number of halogens is 1. The molecule has 0 radical (unpaired) electrons. The number of ketones is 1. The van der Waals surface area contributed by atoms with Gasteiger partial charge in [-0.1, -0.05) is 42.8 Å². The average molecular weight is 396 g/mol. The smallest absolute Gasteiger partial charge is 0.340 e. The van der Waals surface area contributed by atoms with Crippen LogP contribution < -0.4 is 5.14 Å². The van der Waals surface area contributed by atoms with Gasteiger partial charge >= 0.3 is 5.97 Å². The highest BCUT2D eigenvalue weighted by molar-refractivity contribution is 7.89. The molecule has 1 atom stereocenters. The van der Waals surface area contributed by atoms with Crippen molar-refractivity contribution < 1.29 is 22.7 Å². The SMILES string of the molecule is CCc1ccc(C(=O)C(C)OC(=O)c2cc(S(N)(=O)=O)ccc2Cl)cc1. The molecule has 0 aliphatic heterocycles. The minimum Gasteiger partial charge on any atom is -0.451 e. The molecule has 0 aliphatic rings. The minimum absolute atomic E-state index is 0.00523. The molecule has 0 saturated carbocycles. The molecular formula is C18H18ClNO5S. The molecule has 0 heterocycles. The van der Waals surface area contributed by atoms with Gasteiger partial charge in [-0.25, -0.2) is 18.4 Å². The normalized spacial score (nSPS) is 12.5. The van der Waals surface area contributed by atoms with Crippen LogP contribution in [0.25, 0.3) is 0 Å². The van der Waals surface area contributed by atoms with E-state index in [-0.39, 0.29) is 21.3 Å². The number of esters is 1.